The largest absolute Gasteiger partial charge is 0.484 e. The first-order chi connectivity index (χ1) is 18.4. The molecule has 0 saturated heterocycles. The molecule has 0 bridgehead atoms. The normalized spacial score (nSPS) is 17.3. The van der Waals surface area contributed by atoms with E-state index >= 15 is 0 Å². The lowest BCUT2D eigenvalue weighted by atomic mass is 9.71. The quantitative estimate of drug-likeness (QED) is 0.223. The molecule has 1 aliphatic heterocycles. The average molecular weight is 545 g/mol. The summed E-state index contributed by atoms with van der Waals surface area (Å²) in [7, 11) is 0. The Morgan fingerprint density at radius 1 is 1.05 bits per heavy atom. The van der Waals surface area contributed by atoms with Gasteiger partial charge in [-0.3, -0.25) is 9.69 Å². The zero-order chi connectivity index (χ0) is 27.9. The Hall–Kier alpha value is -4.28. The van der Waals surface area contributed by atoms with Crippen molar-refractivity contribution in [3.05, 3.63) is 101 Å². The van der Waals surface area contributed by atoms with Crippen LogP contribution in [0.1, 0.15) is 23.6 Å². The van der Waals surface area contributed by atoms with Crippen molar-refractivity contribution in [3.8, 4) is 16.9 Å². The number of halogens is 6. The van der Waals surface area contributed by atoms with Gasteiger partial charge in [0.1, 0.15) is 11.6 Å². The zero-order valence-electron chi connectivity index (χ0n) is 20.5. The number of anilines is 1. The van der Waals surface area contributed by atoms with Gasteiger partial charge in [0.25, 0.3) is 0 Å². The van der Waals surface area contributed by atoms with Crippen LogP contribution in [0, 0.1) is 17.5 Å². The summed E-state index contributed by atoms with van der Waals surface area (Å²) in [5, 5.41) is 0. The van der Waals surface area contributed by atoms with Gasteiger partial charge in [-0.15, -0.1) is 0 Å². The molecule has 2 heterocycles. The summed E-state index contributed by atoms with van der Waals surface area (Å²) >= 11 is 0. The number of aromatic nitrogens is 2. The Morgan fingerprint density at radius 2 is 1.82 bits per heavy atom. The van der Waals surface area contributed by atoms with Crippen molar-refractivity contribution in [1.29, 1.82) is 0 Å². The number of aromatic amines is 1. The van der Waals surface area contributed by atoms with Crippen LogP contribution in [-0.2, 0) is 23.2 Å². The molecule has 0 aliphatic carbocycles. The van der Waals surface area contributed by atoms with Crippen LogP contribution in [0.15, 0.2) is 67.1 Å². The highest BCUT2D eigenvalue weighted by Gasteiger charge is 2.45. The van der Waals surface area contributed by atoms with Gasteiger partial charge in [0.2, 0.25) is 5.91 Å². The van der Waals surface area contributed by atoms with E-state index in [1.54, 1.807) is 31.2 Å². The van der Waals surface area contributed by atoms with E-state index in [9.17, 15) is 31.1 Å². The van der Waals surface area contributed by atoms with Crippen molar-refractivity contribution in [2.24, 2.45) is 0 Å². The minimum Gasteiger partial charge on any atom is -0.484 e. The van der Waals surface area contributed by atoms with Crippen LogP contribution in [-0.4, -0.2) is 28.7 Å². The fourth-order valence-corrected chi connectivity index (χ4v) is 4.87. The van der Waals surface area contributed by atoms with Crippen LogP contribution in [0.5, 0.6) is 5.75 Å². The second kappa shape index (κ2) is 9.79. The van der Waals surface area contributed by atoms with Crippen molar-refractivity contribution < 1.29 is 35.9 Å². The number of nitrogens with one attached hydrogen (secondary N) is 1. The topological polar surface area (TPSA) is 58.2 Å². The number of fused-ring (bicyclic) bond motifs is 1. The summed E-state index contributed by atoms with van der Waals surface area (Å²) in [5.41, 5.74) is 0.460. The third-order valence-electron chi connectivity index (χ3n) is 6.69. The lowest BCUT2D eigenvalue weighted by molar-refractivity contribution is -0.153. The van der Waals surface area contributed by atoms with Crippen molar-refractivity contribution in [1.82, 2.24) is 9.97 Å². The molecule has 1 amide bonds. The zero-order valence-corrected chi connectivity index (χ0v) is 20.5. The van der Waals surface area contributed by atoms with Crippen LogP contribution in [0.25, 0.3) is 11.1 Å². The maximum absolute atomic E-state index is 14.7. The third-order valence-corrected chi connectivity index (χ3v) is 6.69. The maximum atomic E-state index is 14.7. The molecule has 1 aromatic heterocycles. The van der Waals surface area contributed by atoms with Gasteiger partial charge >= 0.3 is 6.18 Å². The van der Waals surface area contributed by atoms with Crippen molar-refractivity contribution >= 4 is 11.7 Å². The first-order valence-electron chi connectivity index (χ1n) is 11.8. The van der Waals surface area contributed by atoms with Gasteiger partial charge < -0.3 is 9.72 Å². The number of amides is 1. The van der Waals surface area contributed by atoms with Gasteiger partial charge in [-0.25, -0.2) is 18.2 Å². The highest BCUT2D eigenvalue weighted by Crippen LogP contribution is 2.41. The molecule has 4 aromatic rings. The number of hydrogen-bond acceptors (Lipinski definition) is 3. The van der Waals surface area contributed by atoms with E-state index in [0.717, 1.165) is 6.07 Å². The lowest BCUT2D eigenvalue weighted by Crippen LogP contribution is -2.51. The highest BCUT2D eigenvalue weighted by atomic mass is 19.4. The molecule has 0 radical (unpaired) electrons. The van der Waals surface area contributed by atoms with Crippen LogP contribution in [0.2, 0.25) is 0 Å². The summed E-state index contributed by atoms with van der Waals surface area (Å²) in [5.74, 6) is -3.75. The number of nitrogens with zero attached hydrogens (tertiary/aromatic N) is 2. The van der Waals surface area contributed by atoms with E-state index in [1.807, 2.05) is 0 Å². The van der Waals surface area contributed by atoms with Gasteiger partial charge in [0.15, 0.2) is 24.1 Å². The smallest absolute Gasteiger partial charge is 0.422 e. The molecule has 1 unspecified atom stereocenters. The molecule has 39 heavy (non-hydrogen) atoms. The molecule has 1 atom stereocenters. The van der Waals surface area contributed by atoms with E-state index in [4.69, 9.17) is 4.74 Å². The van der Waals surface area contributed by atoms with E-state index in [0.29, 0.717) is 34.1 Å². The predicted molar refractivity (Wildman–Crippen MR) is 131 cm³/mol. The van der Waals surface area contributed by atoms with E-state index in [1.165, 1.54) is 35.6 Å². The third kappa shape index (κ3) is 5.21. The molecule has 1 aliphatic rings. The molecule has 3 aromatic carbocycles. The van der Waals surface area contributed by atoms with Gasteiger partial charge in [-0.05, 0) is 65.4 Å². The molecular weight excluding hydrogens is 524 g/mol. The number of carbonyl (C=O) groups excluding carboxylic acids is 1. The molecular formula is C28H21F6N3O2. The van der Waals surface area contributed by atoms with Crippen molar-refractivity contribution in [3.63, 3.8) is 0 Å². The van der Waals surface area contributed by atoms with Crippen molar-refractivity contribution in [2.45, 2.75) is 31.5 Å². The number of ether oxygens (including phenoxy) is 1. The molecule has 11 heteroatoms. The minimum atomic E-state index is -4.50. The van der Waals surface area contributed by atoms with E-state index in [2.05, 4.69) is 9.97 Å². The molecule has 0 spiro atoms. The average Bonchev–Trinajstić information content (AvgIpc) is 3.42. The van der Waals surface area contributed by atoms with Gasteiger partial charge in [0.05, 0.1) is 18.3 Å². The summed E-state index contributed by atoms with van der Waals surface area (Å²) in [6, 6.07) is 12.5. The first kappa shape index (κ1) is 26.3. The van der Waals surface area contributed by atoms with Crippen LogP contribution in [0.4, 0.5) is 32.2 Å². The summed E-state index contributed by atoms with van der Waals surface area (Å²) in [4.78, 5) is 22.2. The molecule has 202 valence electrons. The summed E-state index contributed by atoms with van der Waals surface area (Å²) in [6.07, 6.45) is -1.95. The Labute approximate surface area is 219 Å². The minimum absolute atomic E-state index is 0.00315. The number of hydrogen-bond donors (Lipinski definition) is 1. The number of carbonyl (C=O) groups is 1. The first-order valence-corrected chi connectivity index (χ1v) is 11.8. The number of alkyl halides is 3. The van der Waals surface area contributed by atoms with Crippen molar-refractivity contribution in [2.75, 3.05) is 11.5 Å². The SMILES string of the molecule is CC1(Cc2cc(F)cc(F)c2F)C(=O)N(c2c[nH]cn2)Cc2ccc(-c3cccc(OCC(F)(F)F)c3)cc21. The Morgan fingerprint density at radius 3 is 2.54 bits per heavy atom. The number of benzene rings is 3. The summed E-state index contributed by atoms with van der Waals surface area (Å²) in [6.45, 7) is 0.234. The fraction of sp³-hybridized carbons (Fsp3) is 0.214. The van der Waals surface area contributed by atoms with E-state index in [-0.39, 0.29) is 24.3 Å². The Balaban J connectivity index is 1.60. The Kier molecular flexibility index (Phi) is 6.61. The van der Waals surface area contributed by atoms with Gasteiger partial charge in [0, 0.05) is 12.3 Å². The standard InChI is InChI=1S/C28H21F6N3O2/c1-27(11-19-7-20(29)10-23(30)25(19)31)22-9-17(16-3-2-4-21(8-16)39-14-28(32,33)34)5-6-18(22)13-37(26(27)38)24-12-35-15-36-24/h2-10,12,15H,11,13-14H2,1H3,(H,35,36). The number of imidazole rings is 1. The maximum Gasteiger partial charge on any atom is 0.422 e. The highest BCUT2D eigenvalue weighted by molar-refractivity contribution is 6.02. The van der Waals surface area contributed by atoms with Gasteiger partial charge in [-0.2, -0.15) is 13.2 Å². The number of H-pyrrole nitrogens is 1. The summed E-state index contributed by atoms with van der Waals surface area (Å²) < 4.78 is 85.6. The van der Waals surface area contributed by atoms with Crippen LogP contribution >= 0.6 is 0 Å². The predicted octanol–water partition coefficient (Wildman–Crippen LogP) is 6.48. The molecule has 1 N–H and O–H groups in total. The molecule has 5 rings (SSSR count). The monoisotopic (exact) mass is 545 g/mol. The Bertz CT molecular complexity index is 1540. The number of rotatable bonds is 6. The van der Waals surface area contributed by atoms with Crippen LogP contribution < -0.4 is 9.64 Å². The molecule has 0 saturated carbocycles. The second-order valence-electron chi connectivity index (χ2n) is 9.49. The second-order valence-corrected chi connectivity index (χ2v) is 9.49. The molecule has 5 nitrogen and oxygen atoms in total. The lowest BCUT2D eigenvalue weighted by Gasteiger charge is -2.40. The van der Waals surface area contributed by atoms with Gasteiger partial charge in [-0.1, -0.05) is 24.3 Å². The van der Waals surface area contributed by atoms with Crippen LogP contribution in [0.3, 0.4) is 0 Å². The molecule has 0 fully saturated rings. The van der Waals surface area contributed by atoms with E-state index < -0.39 is 41.6 Å². The fourth-order valence-electron chi connectivity index (χ4n) is 4.87.